The number of aromatic nitrogens is 1. The molecule has 7 nitrogen and oxygen atoms in total. The molecule has 0 aliphatic heterocycles. The molecule has 2 rings (SSSR count). The summed E-state index contributed by atoms with van der Waals surface area (Å²) in [6.45, 7) is 0. The number of nitrogen functional groups attached to an aromatic ring is 1. The number of amides is 1. The van der Waals surface area contributed by atoms with Crippen molar-refractivity contribution in [1.82, 2.24) is 4.98 Å². The number of nitro groups is 1. The zero-order valence-corrected chi connectivity index (χ0v) is 9.74. The van der Waals surface area contributed by atoms with Gasteiger partial charge >= 0.3 is 0 Å². The van der Waals surface area contributed by atoms with Gasteiger partial charge in [0, 0.05) is 17.8 Å². The third kappa shape index (κ3) is 2.83. The van der Waals surface area contributed by atoms with Crippen molar-refractivity contribution in [3.05, 3.63) is 58.3 Å². The molecule has 19 heavy (non-hydrogen) atoms. The lowest BCUT2D eigenvalue weighted by atomic mass is 10.1. The van der Waals surface area contributed by atoms with Crippen molar-refractivity contribution in [3.63, 3.8) is 0 Å². The van der Waals surface area contributed by atoms with E-state index in [-0.39, 0.29) is 16.9 Å². The van der Waals surface area contributed by atoms with Crippen LogP contribution in [0.5, 0.6) is 0 Å². The minimum Gasteiger partial charge on any atom is -0.393 e. The lowest BCUT2D eigenvalue weighted by Crippen LogP contribution is -2.13. The highest BCUT2D eigenvalue weighted by Gasteiger charge is 2.14. The molecule has 1 aromatic carbocycles. The van der Waals surface area contributed by atoms with Crippen LogP contribution in [-0.2, 0) is 0 Å². The van der Waals surface area contributed by atoms with E-state index in [4.69, 9.17) is 5.73 Å². The number of hydrogen-bond acceptors (Lipinski definition) is 5. The van der Waals surface area contributed by atoms with Crippen LogP contribution < -0.4 is 11.1 Å². The van der Waals surface area contributed by atoms with E-state index in [0.717, 1.165) is 0 Å². The second-order valence-electron chi connectivity index (χ2n) is 3.70. The Morgan fingerprint density at radius 3 is 2.68 bits per heavy atom. The first-order valence-corrected chi connectivity index (χ1v) is 5.34. The highest BCUT2D eigenvalue weighted by atomic mass is 16.6. The number of hydrogen-bond donors (Lipinski definition) is 2. The van der Waals surface area contributed by atoms with Crippen LogP contribution in [0.15, 0.2) is 42.6 Å². The summed E-state index contributed by atoms with van der Waals surface area (Å²) in [5, 5.41) is 13.2. The lowest BCUT2D eigenvalue weighted by molar-refractivity contribution is -0.383. The van der Waals surface area contributed by atoms with Crippen molar-refractivity contribution >= 4 is 23.1 Å². The SMILES string of the molecule is Nc1cc(C(=O)Nc2ccccn2)ccc1[N+](=O)[O-]. The Bertz CT molecular complexity index is 628. The normalized spacial score (nSPS) is 9.89. The lowest BCUT2D eigenvalue weighted by Gasteiger charge is -2.05. The third-order valence-electron chi connectivity index (χ3n) is 2.39. The maximum Gasteiger partial charge on any atom is 0.292 e. The fraction of sp³-hybridized carbons (Fsp3) is 0. The van der Waals surface area contributed by atoms with E-state index in [9.17, 15) is 14.9 Å². The van der Waals surface area contributed by atoms with E-state index in [1.54, 1.807) is 24.4 Å². The van der Waals surface area contributed by atoms with Gasteiger partial charge in [-0.05, 0) is 24.3 Å². The molecule has 0 unspecified atom stereocenters. The van der Waals surface area contributed by atoms with Crippen molar-refractivity contribution in [3.8, 4) is 0 Å². The maximum absolute atomic E-state index is 11.9. The van der Waals surface area contributed by atoms with Gasteiger partial charge < -0.3 is 11.1 Å². The topological polar surface area (TPSA) is 111 Å². The summed E-state index contributed by atoms with van der Waals surface area (Å²) in [7, 11) is 0. The van der Waals surface area contributed by atoms with Crippen molar-refractivity contribution < 1.29 is 9.72 Å². The number of nitrogens with zero attached hydrogens (tertiary/aromatic N) is 2. The van der Waals surface area contributed by atoms with E-state index >= 15 is 0 Å². The molecule has 96 valence electrons. The molecular weight excluding hydrogens is 248 g/mol. The number of nitrogens with one attached hydrogen (secondary N) is 1. The van der Waals surface area contributed by atoms with E-state index in [1.165, 1.54) is 18.2 Å². The molecule has 3 N–H and O–H groups in total. The van der Waals surface area contributed by atoms with Crippen LogP contribution in [0.25, 0.3) is 0 Å². The number of anilines is 2. The Morgan fingerprint density at radius 1 is 1.32 bits per heavy atom. The molecule has 1 aromatic heterocycles. The van der Waals surface area contributed by atoms with Crippen LogP contribution >= 0.6 is 0 Å². The number of pyridine rings is 1. The van der Waals surface area contributed by atoms with Gasteiger partial charge in [-0.2, -0.15) is 0 Å². The minimum atomic E-state index is -0.601. The minimum absolute atomic E-state index is 0.0568. The Hall–Kier alpha value is -2.96. The molecule has 0 saturated carbocycles. The Balaban J connectivity index is 2.21. The smallest absolute Gasteiger partial charge is 0.292 e. The largest absolute Gasteiger partial charge is 0.393 e. The zero-order valence-electron chi connectivity index (χ0n) is 9.74. The van der Waals surface area contributed by atoms with E-state index < -0.39 is 10.8 Å². The van der Waals surface area contributed by atoms with Gasteiger partial charge in [0.1, 0.15) is 11.5 Å². The fourth-order valence-electron chi connectivity index (χ4n) is 1.49. The molecule has 0 bridgehead atoms. The Labute approximate surface area is 108 Å². The second kappa shape index (κ2) is 5.13. The first-order valence-electron chi connectivity index (χ1n) is 5.34. The quantitative estimate of drug-likeness (QED) is 0.495. The molecule has 0 saturated heterocycles. The number of nitrogens with two attached hydrogens (primary N) is 1. The molecule has 1 amide bonds. The molecule has 0 atom stereocenters. The first-order chi connectivity index (χ1) is 9.08. The van der Waals surface area contributed by atoms with Gasteiger partial charge in [-0.15, -0.1) is 0 Å². The van der Waals surface area contributed by atoms with Gasteiger partial charge in [-0.25, -0.2) is 4.98 Å². The summed E-state index contributed by atoms with van der Waals surface area (Å²) in [5.41, 5.74) is 5.46. The standard InChI is InChI=1S/C12H10N4O3/c13-9-7-8(4-5-10(9)16(18)19)12(17)15-11-3-1-2-6-14-11/h1-7H,13H2,(H,14,15,17). The molecule has 0 fully saturated rings. The summed E-state index contributed by atoms with van der Waals surface area (Å²) < 4.78 is 0. The molecule has 0 aliphatic carbocycles. The predicted octanol–water partition coefficient (Wildman–Crippen LogP) is 1.82. The Kier molecular flexibility index (Phi) is 3.37. The summed E-state index contributed by atoms with van der Waals surface area (Å²) in [6.07, 6.45) is 1.54. The molecule has 0 radical (unpaired) electrons. The fourth-order valence-corrected chi connectivity index (χ4v) is 1.49. The number of rotatable bonds is 3. The molecule has 0 spiro atoms. The zero-order chi connectivity index (χ0) is 13.8. The summed E-state index contributed by atoms with van der Waals surface area (Å²) >= 11 is 0. The van der Waals surface area contributed by atoms with Crippen molar-refractivity contribution in [2.24, 2.45) is 0 Å². The Morgan fingerprint density at radius 2 is 2.11 bits per heavy atom. The van der Waals surface area contributed by atoms with Crippen molar-refractivity contribution in [1.29, 1.82) is 0 Å². The molecular formula is C12H10N4O3. The summed E-state index contributed by atoms with van der Waals surface area (Å²) in [4.78, 5) is 25.8. The van der Waals surface area contributed by atoms with Gasteiger partial charge in [-0.1, -0.05) is 6.07 Å². The first kappa shape index (κ1) is 12.5. The summed E-state index contributed by atoms with van der Waals surface area (Å²) in [5.74, 6) is -0.0373. The summed E-state index contributed by atoms with van der Waals surface area (Å²) in [6, 6.07) is 8.88. The molecule has 0 aliphatic rings. The average Bonchev–Trinajstić information content (AvgIpc) is 2.39. The van der Waals surface area contributed by atoms with Gasteiger partial charge in [0.05, 0.1) is 4.92 Å². The van der Waals surface area contributed by atoms with Gasteiger partial charge in [-0.3, -0.25) is 14.9 Å². The van der Waals surface area contributed by atoms with E-state index in [2.05, 4.69) is 10.3 Å². The predicted molar refractivity (Wildman–Crippen MR) is 69.7 cm³/mol. The van der Waals surface area contributed by atoms with Gasteiger partial charge in [0.2, 0.25) is 0 Å². The number of benzene rings is 1. The van der Waals surface area contributed by atoms with Crippen LogP contribution in [0, 0.1) is 10.1 Å². The van der Waals surface area contributed by atoms with Crippen LogP contribution in [0.3, 0.4) is 0 Å². The van der Waals surface area contributed by atoms with Crippen molar-refractivity contribution in [2.45, 2.75) is 0 Å². The van der Waals surface area contributed by atoms with Crippen LogP contribution in [0.4, 0.5) is 17.2 Å². The monoisotopic (exact) mass is 258 g/mol. The highest BCUT2D eigenvalue weighted by molar-refractivity contribution is 6.04. The number of nitro benzene ring substituents is 1. The van der Waals surface area contributed by atoms with Crippen LogP contribution in [0.2, 0.25) is 0 Å². The number of carbonyl (C=O) groups is 1. The van der Waals surface area contributed by atoms with Crippen LogP contribution in [0.1, 0.15) is 10.4 Å². The number of carbonyl (C=O) groups excluding carboxylic acids is 1. The molecule has 7 heteroatoms. The second-order valence-corrected chi connectivity index (χ2v) is 3.70. The third-order valence-corrected chi connectivity index (χ3v) is 2.39. The van der Waals surface area contributed by atoms with Gasteiger partial charge in [0.25, 0.3) is 11.6 Å². The average molecular weight is 258 g/mol. The van der Waals surface area contributed by atoms with Crippen molar-refractivity contribution in [2.75, 3.05) is 11.1 Å². The molecule has 1 heterocycles. The highest BCUT2D eigenvalue weighted by Crippen LogP contribution is 2.22. The molecule has 2 aromatic rings. The van der Waals surface area contributed by atoms with E-state index in [0.29, 0.717) is 5.82 Å². The van der Waals surface area contributed by atoms with E-state index in [1.807, 2.05) is 0 Å². The maximum atomic E-state index is 11.9. The van der Waals surface area contributed by atoms with Gasteiger partial charge in [0.15, 0.2) is 0 Å². The van der Waals surface area contributed by atoms with Crippen LogP contribution in [-0.4, -0.2) is 15.8 Å².